The van der Waals surface area contributed by atoms with Crippen LogP contribution >= 0.6 is 15.9 Å². The molecule has 0 radical (unpaired) electrons. The summed E-state index contributed by atoms with van der Waals surface area (Å²) in [5.74, 6) is -0.156. The Balaban J connectivity index is 2.13. The van der Waals surface area contributed by atoms with Crippen molar-refractivity contribution in [3.63, 3.8) is 0 Å². The third-order valence-electron chi connectivity index (χ3n) is 3.19. The van der Waals surface area contributed by atoms with Crippen molar-refractivity contribution < 1.29 is 23.5 Å². The predicted molar refractivity (Wildman–Crippen MR) is 91.2 cm³/mol. The first-order valence-corrected chi connectivity index (χ1v) is 7.79. The Bertz CT molecular complexity index is 749. The van der Waals surface area contributed by atoms with Gasteiger partial charge in [-0.25, -0.2) is 4.39 Å². The van der Waals surface area contributed by atoms with Crippen LogP contribution in [-0.4, -0.2) is 25.4 Å². The van der Waals surface area contributed by atoms with E-state index in [1.807, 2.05) is 0 Å². The van der Waals surface area contributed by atoms with Crippen molar-refractivity contribution in [3.8, 4) is 11.5 Å². The van der Waals surface area contributed by atoms with Gasteiger partial charge in [0.05, 0.1) is 7.11 Å². The molecular formula is C17H15BrFNO4. The SMILES string of the molecule is COc1cc(Br)c(C=O)cc1O[C@@H](C)C(=O)Nc1ccc(F)cc1. The largest absolute Gasteiger partial charge is 0.493 e. The van der Waals surface area contributed by atoms with Crippen LogP contribution in [0.3, 0.4) is 0 Å². The van der Waals surface area contributed by atoms with E-state index in [0.29, 0.717) is 27.8 Å². The lowest BCUT2D eigenvalue weighted by atomic mass is 10.2. The molecule has 0 fully saturated rings. The summed E-state index contributed by atoms with van der Waals surface area (Å²) in [6, 6.07) is 8.46. The predicted octanol–water partition coefficient (Wildman–Crippen LogP) is 3.82. The Morgan fingerprint density at radius 3 is 2.50 bits per heavy atom. The van der Waals surface area contributed by atoms with Crippen molar-refractivity contribution in [3.05, 3.63) is 52.3 Å². The lowest BCUT2D eigenvalue weighted by Gasteiger charge is -2.17. The summed E-state index contributed by atoms with van der Waals surface area (Å²) in [7, 11) is 1.46. The second-order valence-corrected chi connectivity index (χ2v) is 5.75. The molecule has 0 aromatic heterocycles. The van der Waals surface area contributed by atoms with Crippen molar-refractivity contribution in [1.29, 1.82) is 0 Å². The standard InChI is InChI=1S/C17H15BrFNO4/c1-10(17(22)20-13-5-3-12(19)4-6-13)24-16-7-11(9-21)14(18)8-15(16)23-2/h3-10H,1-2H3,(H,20,22)/t10-/m0/s1. The lowest BCUT2D eigenvalue weighted by molar-refractivity contribution is -0.122. The van der Waals surface area contributed by atoms with Gasteiger partial charge in [-0.05, 0) is 59.3 Å². The molecule has 1 atom stereocenters. The molecule has 0 heterocycles. The Morgan fingerprint density at radius 2 is 1.92 bits per heavy atom. The Kier molecular flexibility index (Phi) is 5.92. The number of rotatable bonds is 6. The number of methoxy groups -OCH3 is 1. The summed E-state index contributed by atoms with van der Waals surface area (Å²) < 4.78 is 24.2. The molecule has 0 aliphatic carbocycles. The third-order valence-corrected chi connectivity index (χ3v) is 3.88. The maximum atomic E-state index is 12.9. The highest BCUT2D eigenvalue weighted by Gasteiger charge is 2.18. The Morgan fingerprint density at radius 1 is 1.25 bits per heavy atom. The van der Waals surface area contributed by atoms with Crippen molar-refractivity contribution in [2.75, 3.05) is 12.4 Å². The number of ether oxygens (including phenoxy) is 2. The molecule has 24 heavy (non-hydrogen) atoms. The zero-order chi connectivity index (χ0) is 17.7. The number of halogens is 2. The lowest BCUT2D eigenvalue weighted by Crippen LogP contribution is -2.30. The van der Waals surface area contributed by atoms with Crippen LogP contribution in [0.1, 0.15) is 17.3 Å². The average molecular weight is 396 g/mol. The molecule has 1 amide bonds. The number of hydrogen-bond acceptors (Lipinski definition) is 4. The Hall–Kier alpha value is -2.41. The molecule has 0 saturated heterocycles. The van der Waals surface area contributed by atoms with Crippen LogP contribution in [0.25, 0.3) is 0 Å². The van der Waals surface area contributed by atoms with Crippen LogP contribution in [0.15, 0.2) is 40.9 Å². The first kappa shape index (κ1) is 17.9. The molecule has 2 aromatic carbocycles. The highest BCUT2D eigenvalue weighted by atomic mass is 79.9. The van der Waals surface area contributed by atoms with Crippen LogP contribution in [0.5, 0.6) is 11.5 Å². The van der Waals surface area contributed by atoms with Crippen LogP contribution < -0.4 is 14.8 Å². The van der Waals surface area contributed by atoms with Gasteiger partial charge in [-0.1, -0.05) is 0 Å². The minimum absolute atomic E-state index is 0.268. The van der Waals surface area contributed by atoms with Crippen LogP contribution in [-0.2, 0) is 4.79 Å². The second-order valence-electron chi connectivity index (χ2n) is 4.90. The molecule has 0 aliphatic heterocycles. The second kappa shape index (κ2) is 7.92. The fraction of sp³-hybridized carbons (Fsp3) is 0.176. The molecule has 0 saturated carbocycles. The van der Waals surface area contributed by atoms with Crippen molar-refractivity contribution >= 4 is 33.8 Å². The van der Waals surface area contributed by atoms with E-state index >= 15 is 0 Å². The van der Waals surface area contributed by atoms with Gasteiger partial charge in [0.15, 0.2) is 23.9 Å². The summed E-state index contributed by atoms with van der Waals surface area (Å²) in [6.45, 7) is 1.56. The van der Waals surface area contributed by atoms with Crippen molar-refractivity contribution in [1.82, 2.24) is 0 Å². The molecule has 1 N–H and O–H groups in total. The Labute approximate surface area is 146 Å². The zero-order valence-electron chi connectivity index (χ0n) is 13.0. The quantitative estimate of drug-likeness (QED) is 0.755. The third kappa shape index (κ3) is 4.32. The van der Waals surface area contributed by atoms with Crippen molar-refractivity contribution in [2.24, 2.45) is 0 Å². The van der Waals surface area contributed by atoms with Gasteiger partial charge in [-0.3, -0.25) is 9.59 Å². The topological polar surface area (TPSA) is 64.6 Å². The number of carbonyl (C=O) groups is 2. The molecule has 126 valence electrons. The van der Waals surface area contributed by atoms with Gasteiger partial charge in [0.25, 0.3) is 5.91 Å². The van der Waals surface area contributed by atoms with Crippen LogP contribution in [0.4, 0.5) is 10.1 Å². The van der Waals surface area contributed by atoms with Gasteiger partial charge in [0.1, 0.15) is 5.82 Å². The monoisotopic (exact) mass is 395 g/mol. The van der Waals surface area contributed by atoms with Gasteiger partial charge < -0.3 is 14.8 Å². The molecular weight excluding hydrogens is 381 g/mol. The first-order valence-electron chi connectivity index (χ1n) is 7.00. The summed E-state index contributed by atoms with van der Waals surface area (Å²) >= 11 is 3.25. The first-order chi connectivity index (χ1) is 11.4. The van der Waals surface area contributed by atoms with E-state index in [9.17, 15) is 14.0 Å². The molecule has 7 heteroatoms. The zero-order valence-corrected chi connectivity index (χ0v) is 14.6. The number of anilines is 1. The van der Waals surface area contributed by atoms with E-state index in [-0.39, 0.29) is 5.75 Å². The number of hydrogen-bond donors (Lipinski definition) is 1. The fourth-order valence-electron chi connectivity index (χ4n) is 1.91. The van der Waals surface area contributed by atoms with E-state index in [4.69, 9.17) is 9.47 Å². The van der Waals surface area contributed by atoms with Gasteiger partial charge in [-0.15, -0.1) is 0 Å². The number of aldehydes is 1. The van der Waals surface area contributed by atoms with E-state index in [1.54, 1.807) is 13.0 Å². The maximum Gasteiger partial charge on any atom is 0.265 e. The smallest absolute Gasteiger partial charge is 0.265 e. The van der Waals surface area contributed by atoms with E-state index in [1.165, 1.54) is 37.4 Å². The molecule has 0 bridgehead atoms. The minimum atomic E-state index is -0.857. The molecule has 0 spiro atoms. The number of nitrogens with one attached hydrogen (secondary N) is 1. The summed E-state index contributed by atoms with van der Waals surface area (Å²) in [6.07, 6.45) is -0.191. The van der Waals surface area contributed by atoms with E-state index < -0.39 is 17.8 Å². The van der Waals surface area contributed by atoms with Crippen LogP contribution in [0.2, 0.25) is 0 Å². The van der Waals surface area contributed by atoms with Crippen LogP contribution in [0, 0.1) is 5.82 Å². The summed E-state index contributed by atoms with van der Waals surface area (Å²) in [5, 5.41) is 2.62. The van der Waals surface area contributed by atoms with E-state index in [0.717, 1.165) is 0 Å². The van der Waals surface area contributed by atoms with E-state index in [2.05, 4.69) is 21.2 Å². The van der Waals surface area contributed by atoms with Gasteiger partial charge in [-0.2, -0.15) is 0 Å². The van der Waals surface area contributed by atoms with Gasteiger partial charge >= 0.3 is 0 Å². The molecule has 2 aromatic rings. The molecule has 2 rings (SSSR count). The average Bonchev–Trinajstić information content (AvgIpc) is 2.57. The van der Waals surface area contributed by atoms with Crippen molar-refractivity contribution in [2.45, 2.75) is 13.0 Å². The molecule has 0 unspecified atom stereocenters. The number of carbonyl (C=O) groups excluding carboxylic acids is 2. The summed E-state index contributed by atoms with van der Waals surface area (Å²) in [5.41, 5.74) is 0.824. The van der Waals surface area contributed by atoms with Gasteiger partial charge in [0.2, 0.25) is 0 Å². The van der Waals surface area contributed by atoms with Gasteiger partial charge in [0, 0.05) is 15.7 Å². The summed E-state index contributed by atoms with van der Waals surface area (Å²) in [4.78, 5) is 23.2. The number of benzene rings is 2. The molecule has 5 nitrogen and oxygen atoms in total. The fourth-order valence-corrected chi connectivity index (χ4v) is 2.33. The number of amides is 1. The minimum Gasteiger partial charge on any atom is -0.493 e. The maximum absolute atomic E-state index is 12.9. The molecule has 0 aliphatic rings. The normalized spacial score (nSPS) is 11.5. The highest BCUT2D eigenvalue weighted by Crippen LogP contribution is 2.33. The highest BCUT2D eigenvalue weighted by molar-refractivity contribution is 9.10.